The Morgan fingerprint density at radius 2 is 1.90 bits per heavy atom. The van der Waals surface area contributed by atoms with Gasteiger partial charge in [0.25, 0.3) is 0 Å². The summed E-state index contributed by atoms with van der Waals surface area (Å²) in [6.07, 6.45) is 0. The van der Waals surface area contributed by atoms with E-state index in [9.17, 15) is 4.79 Å². The number of carbonyl (C=O) groups is 1. The third kappa shape index (κ3) is 3.11. The van der Waals surface area contributed by atoms with Gasteiger partial charge in [0.15, 0.2) is 5.75 Å². The molecule has 0 radical (unpaired) electrons. The summed E-state index contributed by atoms with van der Waals surface area (Å²) in [6, 6.07) is 10.5. The second kappa shape index (κ2) is 5.96. The Morgan fingerprint density at radius 1 is 1.15 bits per heavy atom. The molecule has 2 aromatic carbocycles. The summed E-state index contributed by atoms with van der Waals surface area (Å²) in [5.41, 5.74) is 7.70. The minimum absolute atomic E-state index is 0.393. The highest BCUT2D eigenvalue weighted by Gasteiger charge is 2.11. The fourth-order valence-electron chi connectivity index (χ4n) is 1.67. The topological polar surface area (TPSA) is 61.5 Å². The van der Waals surface area contributed by atoms with E-state index in [1.165, 1.54) is 7.11 Å². The molecule has 0 aliphatic carbocycles. The van der Waals surface area contributed by atoms with Crippen LogP contribution in [0.2, 0.25) is 0 Å². The largest absolute Gasteiger partial charge is 0.465 e. The van der Waals surface area contributed by atoms with Crippen LogP contribution in [0.25, 0.3) is 0 Å². The number of esters is 1. The molecule has 0 aliphatic rings. The van der Waals surface area contributed by atoms with Gasteiger partial charge in [0.05, 0.1) is 18.4 Å². The summed E-state index contributed by atoms with van der Waals surface area (Å²) < 4.78 is 11.4. The van der Waals surface area contributed by atoms with Crippen molar-refractivity contribution >= 4 is 27.6 Å². The molecule has 0 unspecified atom stereocenters. The lowest BCUT2D eigenvalue weighted by Crippen LogP contribution is -2.02. The Balaban J connectivity index is 2.37. The van der Waals surface area contributed by atoms with Crippen LogP contribution in [0.15, 0.2) is 40.9 Å². The Bertz CT molecular complexity index is 656. The number of rotatable bonds is 3. The maximum Gasteiger partial charge on any atom is 0.337 e. The SMILES string of the molecule is COC(=O)c1ccc(N)c(Oc2cc(Br)ccc2C)c1. The van der Waals surface area contributed by atoms with Gasteiger partial charge in [-0.1, -0.05) is 22.0 Å². The van der Waals surface area contributed by atoms with Gasteiger partial charge in [0.1, 0.15) is 5.75 Å². The molecule has 2 N–H and O–H groups in total. The van der Waals surface area contributed by atoms with E-state index in [1.807, 2.05) is 25.1 Å². The second-order valence-electron chi connectivity index (χ2n) is 4.26. The molecule has 20 heavy (non-hydrogen) atoms. The molecule has 0 fully saturated rings. The smallest absolute Gasteiger partial charge is 0.337 e. The van der Waals surface area contributed by atoms with E-state index in [-0.39, 0.29) is 0 Å². The van der Waals surface area contributed by atoms with Crippen LogP contribution >= 0.6 is 15.9 Å². The van der Waals surface area contributed by atoms with Gasteiger partial charge in [-0.15, -0.1) is 0 Å². The third-order valence-corrected chi connectivity index (χ3v) is 3.30. The van der Waals surface area contributed by atoms with Crippen molar-refractivity contribution in [1.82, 2.24) is 0 Å². The van der Waals surface area contributed by atoms with Crippen LogP contribution in [-0.2, 0) is 4.74 Å². The number of anilines is 1. The predicted octanol–water partition coefficient (Wildman–Crippen LogP) is 3.92. The molecule has 0 aliphatic heterocycles. The van der Waals surface area contributed by atoms with Crippen molar-refractivity contribution in [2.75, 3.05) is 12.8 Å². The van der Waals surface area contributed by atoms with Gasteiger partial charge in [0, 0.05) is 4.47 Å². The van der Waals surface area contributed by atoms with Crippen LogP contribution in [0.3, 0.4) is 0 Å². The zero-order valence-corrected chi connectivity index (χ0v) is 12.7. The molecular weight excluding hydrogens is 322 g/mol. The van der Waals surface area contributed by atoms with Crippen molar-refractivity contribution in [2.45, 2.75) is 6.92 Å². The van der Waals surface area contributed by atoms with Crippen LogP contribution in [0.1, 0.15) is 15.9 Å². The first-order valence-corrected chi connectivity index (χ1v) is 6.72. The first-order chi connectivity index (χ1) is 9.51. The van der Waals surface area contributed by atoms with Gasteiger partial charge >= 0.3 is 5.97 Å². The van der Waals surface area contributed by atoms with Crippen molar-refractivity contribution in [3.63, 3.8) is 0 Å². The maximum absolute atomic E-state index is 11.5. The van der Waals surface area contributed by atoms with Crippen molar-refractivity contribution in [3.05, 3.63) is 52.0 Å². The van der Waals surface area contributed by atoms with E-state index in [4.69, 9.17) is 10.5 Å². The fraction of sp³-hybridized carbons (Fsp3) is 0.133. The van der Waals surface area contributed by atoms with Crippen LogP contribution in [0.4, 0.5) is 5.69 Å². The summed E-state index contributed by atoms with van der Waals surface area (Å²) in [5.74, 6) is 0.669. The number of hydrogen-bond donors (Lipinski definition) is 1. The predicted molar refractivity (Wildman–Crippen MR) is 81.1 cm³/mol. The molecular formula is C15H14BrNO3. The van der Waals surface area contributed by atoms with E-state index in [0.29, 0.717) is 22.7 Å². The highest BCUT2D eigenvalue weighted by atomic mass is 79.9. The first kappa shape index (κ1) is 14.4. The minimum Gasteiger partial charge on any atom is -0.465 e. The summed E-state index contributed by atoms with van der Waals surface area (Å²) in [5, 5.41) is 0. The Labute approximate surface area is 125 Å². The molecule has 2 aromatic rings. The molecule has 104 valence electrons. The number of carbonyl (C=O) groups excluding carboxylic acids is 1. The Kier molecular flexibility index (Phi) is 4.29. The third-order valence-electron chi connectivity index (χ3n) is 2.80. The molecule has 0 heterocycles. The molecule has 0 bridgehead atoms. The molecule has 5 heteroatoms. The van der Waals surface area contributed by atoms with Gasteiger partial charge in [-0.2, -0.15) is 0 Å². The van der Waals surface area contributed by atoms with E-state index >= 15 is 0 Å². The van der Waals surface area contributed by atoms with Crippen molar-refractivity contribution < 1.29 is 14.3 Å². The lowest BCUT2D eigenvalue weighted by atomic mass is 10.2. The first-order valence-electron chi connectivity index (χ1n) is 5.93. The van der Waals surface area contributed by atoms with Gasteiger partial charge in [0.2, 0.25) is 0 Å². The standard InChI is InChI=1S/C15H14BrNO3/c1-9-3-5-11(16)8-13(9)20-14-7-10(15(18)19-2)4-6-12(14)17/h3-8H,17H2,1-2H3. The number of benzene rings is 2. The Morgan fingerprint density at radius 3 is 2.60 bits per heavy atom. The lowest BCUT2D eigenvalue weighted by molar-refractivity contribution is 0.0600. The highest BCUT2D eigenvalue weighted by molar-refractivity contribution is 9.10. The maximum atomic E-state index is 11.5. The molecule has 4 nitrogen and oxygen atoms in total. The molecule has 0 saturated carbocycles. The molecule has 2 rings (SSSR count). The lowest BCUT2D eigenvalue weighted by Gasteiger charge is -2.12. The van der Waals surface area contributed by atoms with Crippen molar-refractivity contribution in [1.29, 1.82) is 0 Å². The van der Waals surface area contributed by atoms with Crippen LogP contribution in [0, 0.1) is 6.92 Å². The number of hydrogen-bond acceptors (Lipinski definition) is 4. The van der Waals surface area contributed by atoms with E-state index in [0.717, 1.165) is 10.0 Å². The average molecular weight is 336 g/mol. The molecule has 0 atom stereocenters. The monoisotopic (exact) mass is 335 g/mol. The normalized spacial score (nSPS) is 10.2. The number of halogens is 1. The summed E-state index contributed by atoms with van der Waals surface area (Å²) in [7, 11) is 1.33. The zero-order chi connectivity index (χ0) is 14.7. The van der Waals surface area contributed by atoms with Crippen LogP contribution < -0.4 is 10.5 Å². The number of aryl methyl sites for hydroxylation is 1. The second-order valence-corrected chi connectivity index (χ2v) is 5.17. The zero-order valence-electron chi connectivity index (χ0n) is 11.1. The molecule has 0 spiro atoms. The quantitative estimate of drug-likeness (QED) is 0.682. The summed E-state index contributed by atoms with van der Waals surface area (Å²) in [6.45, 7) is 1.93. The number of nitrogen functional groups attached to an aromatic ring is 1. The molecule has 0 aromatic heterocycles. The van der Waals surface area contributed by atoms with E-state index in [1.54, 1.807) is 18.2 Å². The van der Waals surface area contributed by atoms with Crippen LogP contribution in [0.5, 0.6) is 11.5 Å². The van der Waals surface area contributed by atoms with Gasteiger partial charge in [-0.05, 0) is 42.8 Å². The summed E-state index contributed by atoms with van der Waals surface area (Å²) >= 11 is 3.39. The van der Waals surface area contributed by atoms with E-state index in [2.05, 4.69) is 20.7 Å². The van der Waals surface area contributed by atoms with Gasteiger partial charge in [-0.3, -0.25) is 0 Å². The van der Waals surface area contributed by atoms with E-state index < -0.39 is 5.97 Å². The van der Waals surface area contributed by atoms with Crippen molar-refractivity contribution in [3.8, 4) is 11.5 Å². The average Bonchev–Trinajstić information content (AvgIpc) is 2.44. The highest BCUT2D eigenvalue weighted by Crippen LogP contribution is 2.32. The molecule has 0 amide bonds. The number of methoxy groups -OCH3 is 1. The van der Waals surface area contributed by atoms with Gasteiger partial charge in [-0.25, -0.2) is 4.79 Å². The number of ether oxygens (including phenoxy) is 2. The van der Waals surface area contributed by atoms with Crippen molar-refractivity contribution in [2.24, 2.45) is 0 Å². The molecule has 0 saturated heterocycles. The van der Waals surface area contributed by atoms with Crippen LogP contribution in [-0.4, -0.2) is 13.1 Å². The van der Waals surface area contributed by atoms with Gasteiger partial charge < -0.3 is 15.2 Å². The number of nitrogens with two attached hydrogens (primary N) is 1. The summed E-state index contributed by atoms with van der Waals surface area (Å²) in [4.78, 5) is 11.5. The minimum atomic E-state index is -0.430. The Hall–Kier alpha value is -2.01. The fourth-order valence-corrected chi connectivity index (χ4v) is 2.01.